The lowest BCUT2D eigenvalue weighted by Gasteiger charge is -2.34. The zero-order chi connectivity index (χ0) is 32.8. The molecule has 0 aliphatic carbocycles. The Bertz CT molecular complexity index is 1360. The van der Waals surface area contributed by atoms with E-state index in [9.17, 15) is 18.8 Å². The van der Waals surface area contributed by atoms with E-state index in [0.717, 1.165) is 19.3 Å². The number of esters is 2. The highest BCUT2D eigenvalue weighted by Gasteiger charge is 2.41. The summed E-state index contributed by atoms with van der Waals surface area (Å²) in [5.74, 6) is -1.12. The molecule has 0 amide bonds. The van der Waals surface area contributed by atoms with Crippen LogP contribution in [0.15, 0.2) is 60.7 Å². The molecule has 0 saturated carbocycles. The Kier molecular flexibility index (Phi) is 13.5. The fourth-order valence-corrected chi connectivity index (χ4v) is 4.43. The highest BCUT2D eigenvalue weighted by molar-refractivity contribution is 5.87. The van der Waals surface area contributed by atoms with Crippen LogP contribution in [0.1, 0.15) is 64.9 Å². The third-order valence-corrected chi connectivity index (χ3v) is 7.17. The fraction of sp³-hybridized carbons (Fsp3) is 0.457. The third-order valence-electron chi connectivity index (χ3n) is 7.17. The van der Waals surface area contributed by atoms with Gasteiger partial charge in [-0.2, -0.15) is 0 Å². The average molecular weight is 627 g/mol. The van der Waals surface area contributed by atoms with Gasteiger partial charge in [0.1, 0.15) is 44.2 Å². The van der Waals surface area contributed by atoms with Gasteiger partial charge in [-0.3, -0.25) is 0 Å². The minimum absolute atomic E-state index is 0.0657. The Balaban J connectivity index is 1.77. The number of carbonyl (C=O) groups is 3. The summed E-state index contributed by atoms with van der Waals surface area (Å²) in [5, 5.41) is 0. The Labute approximate surface area is 264 Å². The van der Waals surface area contributed by atoms with Crippen molar-refractivity contribution < 1.29 is 47.2 Å². The second-order valence-electron chi connectivity index (χ2n) is 11.4. The van der Waals surface area contributed by atoms with Gasteiger partial charge in [-0.1, -0.05) is 64.3 Å². The highest BCUT2D eigenvalue weighted by Crippen LogP contribution is 2.32. The zero-order valence-electron chi connectivity index (χ0n) is 26.4. The van der Waals surface area contributed by atoms with Gasteiger partial charge in [-0.25, -0.2) is 18.8 Å². The highest BCUT2D eigenvalue weighted by atomic mass is 19.1. The quantitative estimate of drug-likeness (QED) is 0.0719. The van der Waals surface area contributed by atoms with E-state index >= 15 is 0 Å². The molecule has 10 heteroatoms. The molecule has 2 aromatic rings. The molecule has 0 radical (unpaired) electrons. The zero-order valence-corrected chi connectivity index (χ0v) is 26.4. The summed E-state index contributed by atoms with van der Waals surface area (Å²) in [7, 11) is 0. The van der Waals surface area contributed by atoms with E-state index in [-0.39, 0.29) is 49.9 Å². The second-order valence-corrected chi connectivity index (χ2v) is 11.4. The molecule has 0 N–H and O–H groups in total. The Morgan fingerprint density at radius 3 is 2.07 bits per heavy atom. The molecule has 2 aromatic carbocycles. The summed E-state index contributed by atoms with van der Waals surface area (Å²) in [4.78, 5) is 35.8. The molecule has 1 heterocycles. The molecular formula is C35H43FO9. The van der Waals surface area contributed by atoms with E-state index in [1.807, 2.05) is 0 Å². The first-order valence-electron chi connectivity index (χ1n) is 15.2. The van der Waals surface area contributed by atoms with Crippen molar-refractivity contribution >= 4 is 18.1 Å². The first-order valence-corrected chi connectivity index (χ1v) is 15.2. The third kappa shape index (κ3) is 11.0. The van der Waals surface area contributed by atoms with E-state index in [1.54, 1.807) is 30.3 Å². The standard InChI is InChI=1S/C35H43FO9/c1-6-7-8-9-10-11-16-40-31-15-13-27(18-29(31)36)26-12-14-30(28(17-26)19-41-32(37)24(2)3)42-20-35(21-43-33(38)25(4)5)22-44-34(39)45-23-35/h12-15,17-18H,2,4,6-11,16,19-23H2,1,3,5H3. The van der Waals surface area contributed by atoms with Gasteiger partial charge in [0, 0.05) is 16.7 Å². The number of hydrogen-bond acceptors (Lipinski definition) is 9. The van der Waals surface area contributed by atoms with Crippen LogP contribution < -0.4 is 9.47 Å². The summed E-state index contributed by atoms with van der Waals surface area (Å²) in [6.45, 7) is 12.3. The predicted octanol–water partition coefficient (Wildman–Crippen LogP) is 7.50. The lowest BCUT2D eigenvalue weighted by molar-refractivity contribution is -0.151. The summed E-state index contributed by atoms with van der Waals surface area (Å²) in [6.07, 6.45) is 5.84. The molecular weight excluding hydrogens is 583 g/mol. The molecule has 0 unspecified atom stereocenters. The number of hydrogen-bond donors (Lipinski definition) is 0. The van der Waals surface area contributed by atoms with E-state index in [4.69, 9.17) is 28.4 Å². The van der Waals surface area contributed by atoms with E-state index in [2.05, 4.69) is 20.1 Å². The number of rotatable bonds is 18. The van der Waals surface area contributed by atoms with Crippen molar-refractivity contribution in [2.45, 2.75) is 65.9 Å². The summed E-state index contributed by atoms with van der Waals surface area (Å²) >= 11 is 0. The number of cyclic esters (lactones) is 2. The van der Waals surface area contributed by atoms with Crippen LogP contribution in [0.25, 0.3) is 11.1 Å². The molecule has 45 heavy (non-hydrogen) atoms. The monoisotopic (exact) mass is 626 g/mol. The lowest BCUT2D eigenvalue weighted by atomic mass is 9.91. The van der Waals surface area contributed by atoms with Gasteiger partial charge in [0.05, 0.1) is 6.61 Å². The molecule has 0 atom stereocenters. The van der Waals surface area contributed by atoms with Crippen LogP contribution in [0.4, 0.5) is 9.18 Å². The van der Waals surface area contributed by atoms with Crippen molar-refractivity contribution in [2.24, 2.45) is 5.41 Å². The van der Waals surface area contributed by atoms with E-state index < -0.39 is 29.3 Å². The van der Waals surface area contributed by atoms with E-state index in [0.29, 0.717) is 29.0 Å². The van der Waals surface area contributed by atoms with Crippen molar-refractivity contribution in [3.63, 3.8) is 0 Å². The fourth-order valence-electron chi connectivity index (χ4n) is 4.43. The van der Waals surface area contributed by atoms with Crippen LogP contribution in [0, 0.1) is 11.2 Å². The largest absolute Gasteiger partial charge is 0.508 e. The van der Waals surface area contributed by atoms with Crippen molar-refractivity contribution in [2.75, 3.05) is 33.0 Å². The van der Waals surface area contributed by atoms with Crippen molar-refractivity contribution in [3.8, 4) is 22.6 Å². The molecule has 1 saturated heterocycles. The maximum Gasteiger partial charge on any atom is 0.508 e. The summed E-state index contributed by atoms with van der Waals surface area (Å²) in [5.41, 5.74) is 1.18. The maximum absolute atomic E-state index is 15.0. The van der Waals surface area contributed by atoms with E-state index in [1.165, 1.54) is 39.2 Å². The van der Waals surface area contributed by atoms with Crippen LogP contribution in [0.5, 0.6) is 11.5 Å². The first kappa shape index (κ1) is 35.1. The number of unbranched alkanes of at least 4 members (excludes halogenated alkanes) is 5. The minimum atomic E-state index is -1.00. The molecule has 1 aliphatic rings. The molecule has 1 fully saturated rings. The van der Waals surface area contributed by atoms with Crippen molar-refractivity contribution in [3.05, 3.63) is 72.1 Å². The SMILES string of the molecule is C=C(C)C(=O)OCc1cc(-c2ccc(OCCCCCCCC)c(F)c2)ccc1OCC1(COC(=O)C(=C)C)COC(=O)OC1. The van der Waals surface area contributed by atoms with Crippen LogP contribution in [0.3, 0.4) is 0 Å². The molecule has 1 aliphatic heterocycles. The predicted molar refractivity (Wildman–Crippen MR) is 166 cm³/mol. The number of halogens is 1. The van der Waals surface area contributed by atoms with Crippen molar-refractivity contribution in [1.82, 2.24) is 0 Å². The minimum Gasteiger partial charge on any atom is -0.492 e. The van der Waals surface area contributed by atoms with Crippen LogP contribution in [-0.4, -0.2) is 51.1 Å². The van der Waals surface area contributed by atoms with Gasteiger partial charge in [0.25, 0.3) is 0 Å². The first-order chi connectivity index (χ1) is 21.5. The Morgan fingerprint density at radius 1 is 0.822 bits per heavy atom. The Morgan fingerprint density at radius 2 is 1.42 bits per heavy atom. The molecule has 3 rings (SSSR count). The Hall–Kier alpha value is -4.34. The van der Waals surface area contributed by atoms with Gasteiger partial charge >= 0.3 is 18.1 Å². The second kappa shape index (κ2) is 17.2. The molecule has 244 valence electrons. The number of benzene rings is 2. The molecule has 0 bridgehead atoms. The van der Waals surface area contributed by atoms with Crippen molar-refractivity contribution in [1.29, 1.82) is 0 Å². The van der Waals surface area contributed by atoms with Gasteiger partial charge < -0.3 is 28.4 Å². The van der Waals surface area contributed by atoms with Gasteiger partial charge in [0.15, 0.2) is 11.6 Å². The summed E-state index contributed by atoms with van der Waals surface area (Å²) < 4.78 is 47.7. The topological polar surface area (TPSA) is 107 Å². The number of ether oxygens (including phenoxy) is 6. The van der Waals surface area contributed by atoms with Gasteiger partial charge in [-0.05, 0) is 55.7 Å². The molecule has 0 spiro atoms. The van der Waals surface area contributed by atoms with Gasteiger partial charge in [-0.15, -0.1) is 0 Å². The normalized spacial score (nSPS) is 13.6. The maximum atomic E-state index is 15.0. The average Bonchev–Trinajstić information content (AvgIpc) is 3.03. The lowest BCUT2D eigenvalue weighted by Crippen LogP contribution is -2.47. The van der Waals surface area contributed by atoms with Crippen LogP contribution >= 0.6 is 0 Å². The molecule has 9 nitrogen and oxygen atoms in total. The van der Waals surface area contributed by atoms with Crippen LogP contribution in [0.2, 0.25) is 0 Å². The van der Waals surface area contributed by atoms with Crippen LogP contribution in [-0.2, 0) is 35.1 Å². The number of carbonyl (C=O) groups excluding carboxylic acids is 3. The molecule has 0 aromatic heterocycles. The van der Waals surface area contributed by atoms with Gasteiger partial charge in [0.2, 0.25) is 0 Å². The summed E-state index contributed by atoms with van der Waals surface area (Å²) in [6, 6.07) is 9.91. The smallest absolute Gasteiger partial charge is 0.492 e.